The topological polar surface area (TPSA) is 129 Å². The first-order chi connectivity index (χ1) is 17.7. The Labute approximate surface area is 228 Å². The van der Waals surface area contributed by atoms with Gasteiger partial charge in [0, 0.05) is 29.3 Å². The van der Waals surface area contributed by atoms with Gasteiger partial charge in [0.15, 0.2) is 12.2 Å². The lowest BCUT2D eigenvalue weighted by atomic mass is 9.75. The van der Waals surface area contributed by atoms with Gasteiger partial charge in [0.05, 0.1) is 6.61 Å². The number of nitrogen functional groups attached to an aromatic ring is 1. The molecule has 0 aliphatic carbocycles. The van der Waals surface area contributed by atoms with Gasteiger partial charge in [-0.3, -0.25) is 15.0 Å². The molecule has 2 atom stereocenters. The molecule has 3 aromatic rings. The zero-order chi connectivity index (χ0) is 26.6. The minimum atomic E-state index is -1.70. The van der Waals surface area contributed by atoms with Crippen LogP contribution < -0.4 is 11.1 Å². The number of benzene rings is 3. The fourth-order valence-corrected chi connectivity index (χ4v) is 4.95. The maximum Gasteiger partial charge on any atom is 0.256 e. The Balaban J connectivity index is 0.00000400. The summed E-state index contributed by atoms with van der Waals surface area (Å²) in [6.07, 6.45) is -3.04. The van der Waals surface area contributed by atoms with Gasteiger partial charge in [-0.15, -0.1) is 12.4 Å². The quantitative estimate of drug-likeness (QED) is 0.258. The van der Waals surface area contributed by atoms with Crippen molar-refractivity contribution in [2.24, 2.45) is 5.73 Å². The van der Waals surface area contributed by atoms with Crippen molar-refractivity contribution >= 4 is 35.7 Å². The number of anilines is 1. The van der Waals surface area contributed by atoms with Crippen molar-refractivity contribution in [1.82, 2.24) is 4.90 Å². The molecule has 1 saturated heterocycles. The Kier molecular flexibility index (Phi) is 9.27. The monoisotopic (exact) mass is 536 g/mol. The highest BCUT2D eigenvalue weighted by molar-refractivity contribution is 6.00. The normalized spacial score (nSPS) is 16.5. The molecule has 0 bridgehead atoms. The Bertz CT molecular complexity index is 1210. The van der Waals surface area contributed by atoms with Crippen LogP contribution in [0.25, 0.3) is 0 Å². The zero-order valence-electron chi connectivity index (χ0n) is 21.3. The molecule has 200 valence electrons. The Morgan fingerprint density at radius 3 is 2.05 bits per heavy atom. The van der Waals surface area contributed by atoms with Crippen LogP contribution in [-0.4, -0.2) is 58.6 Å². The second-order valence-corrected chi connectivity index (χ2v) is 9.61. The molecule has 1 heterocycles. The van der Waals surface area contributed by atoms with Gasteiger partial charge < -0.3 is 25.8 Å². The molecule has 0 unspecified atom stereocenters. The third kappa shape index (κ3) is 6.05. The van der Waals surface area contributed by atoms with Crippen LogP contribution in [0.1, 0.15) is 36.5 Å². The number of nitrogens with zero attached hydrogens (tertiary/aromatic N) is 1. The molecule has 9 heteroatoms. The summed E-state index contributed by atoms with van der Waals surface area (Å²) >= 11 is 0. The average molecular weight is 537 g/mol. The molecule has 1 aliphatic heterocycles. The Hall–Kier alpha value is -3.72. The first kappa shape index (κ1) is 28.8. The molecule has 1 aliphatic rings. The second-order valence-electron chi connectivity index (χ2n) is 9.61. The number of amidine groups is 1. The maximum absolute atomic E-state index is 13.7. The molecular formula is C29H33ClN4O4. The number of carbonyl (C=O) groups excluding carboxylic acids is 2. The zero-order valence-corrected chi connectivity index (χ0v) is 22.2. The van der Waals surface area contributed by atoms with Crippen molar-refractivity contribution in [3.05, 3.63) is 102 Å². The third-order valence-electron chi connectivity index (χ3n) is 6.81. The SMILES string of the molecule is CC(C)(C(c1ccccc1)c1ccccc1)N1CCO[C@H]([C@@H](O)C(=O)Nc2ccc(C(=N)N)cc2)C1=O.Cl. The van der Waals surface area contributed by atoms with Crippen molar-refractivity contribution in [1.29, 1.82) is 5.41 Å². The molecule has 4 rings (SSSR count). The van der Waals surface area contributed by atoms with Crippen molar-refractivity contribution in [2.45, 2.75) is 37.5 Å². The molecule has 0 saturated carbocycles. The van der Waals surface area contributed by atoms with Gasteiger partial charge in [0.2, 0.25) is 0 Å². The van der Waals surface area contributed by atoms with Crippen LogP contribution in [0.2, 0.25) is 0 Å². The van der Waals surface area contributed by atoms with Gasteiger partial charge in [-0.05, 0) is 49.2 Å². The number of hydrogen-bond acceptors (Lipinski definition) is 5. The molecule has 2 amide bonds. The minimum Gasteiger partial charge on any atom is -0.384 e. The molecular weight excluding hydrogens is 504 g/mol. The molecule has 38 heavy (non-hydrogen) atoms. The highest BCUT2D eigenvalue weighted by Crippen LogP contribution is 2.40. The number of aliphatic hydroxyl groups excluding tert-OH is 1. The number of morpholine rings is 1. The highest BCUT2D eigenvalue weighted by Gasteiger charge is 2.47. The van der Waals surface area contributed by atoms with Crippen LogP contribution >= 0.6 is 12.4 Å². The number of nitrogens with two attached hydrogens (primary N) is 1. The number of nitrogens with one attached hydrogen (secondary N) is 2. The van der Waals surface area contributed by atoms with Crippen molar-refractivity contribution in [3.8, 4) is 0 Å². The fourth-order valence-electron chi connectivity index (χ4n) is 4.95. The van der Waals surface area contributed by atoms with E-state index in [-0.39, 0.29) is 30.8 Å². The van der Waals surface area contributed by atoms with Gasteiger partial charge in [-0.25, -0.2) is 0 Å². The summed E-state index contributed by atoms with van der Waals surface area (Å²) in [7, 11) is 0. The predicted octanol–water partition coefficient (Wildman–Crippen LogP) is 3.53. The number of amides is 2. The number of hydrogen-bond donors (Lipinski definition) is 4. The lowest BCUT2D eigenvalue weighted by Crippen LogP contribution is -2.62. The first-order valence-corrected chi connectivity index (χ1v) is 12.2. The molecule has 3 aromatic carbocycles. The summed E-state index contributed by atoms with van der Waals surface area (Å²) in [5.74, 6) is -1.44. The summed E-state index contributed by atoms with van der Waals surface area (Å²) in [5, 5.41) is 20.9. The van der Waals surface area contributed by atoms with Crippen LogP contribution in [-0.2, 0) is 14.3 Å². The second kappa shape index (κ2) is 12.2. The van der Waals surface area contributed by atoms with Gasteiger partial charge in [0.25, 0.3) is 11.8 Å². The highest BCUT2D eigenvalue weighted by atomic mass is 35.5. The van der Waals surface area contributed by atoms with Crippen molar-refractivity contribution < 1.29 is 19.4 Å². The van der Waals surface area contributed by atoms with E-state index in [4.69, 9.17) is 15.9 Å². The lowest BCUT2D eigenvalue weighted by Gasteiger charge is -2.48. The summed E-state index contributed by atoms with van der Waals surface area (Å²) < 4.78 is 5.63. The average Bonchev–Trinajstić information content (AvgIpc) is 2.90. The van der Waals surface area contributed by atoms with Crippen LogP contribution in [0.3, 0.4) is 0 Å². The van der Waals surface area contributed by atoms with Crippen LogP contribution in [0.15, 0.2) is 84.9 Å². The van der Waals surface area contributed by atoms with E-state index in [0.717, 1.165) is 11.1 Å². The van der Waals surface area contributed by atoms with Gasteiger partial charge in [-0.1, -0.05) is 60.7 Å². The van der Waals surface area contributed by atoms with Gasteiger partial charge in [0.1, 0.15) is 5.84 Å². The number of carbonyl (C=O) groups is 2. The molecule has 8 nitrogen and oxygen atoms in total. The Morgan fingerprint density at radius 2 is 1.55 bits per heavy atom. The number of rotatable bonds is 8. The van der Waals surface area contributed by atoms with Gasteiger partial charge in [-0.2, -0.15) is 0 Å². The third-order valence-corrected chi connectivity index (χ3v) is 6.81. The molecule has 1 fully saturated rings. The van der Waals surface area contributed by atoms with E-state index < -0.39 is 29.6 Å². The fraction of sp³-hybridized carbons (Fsp3) is 0.276. The van der Waals surface area contributed by atoms with E-state index in [0.29, 0.717) is 17.8 Å². The standard InChI is InChI=1S/C29H32N4O4.ClH/c1-29(2,23(19-9-5-3-6-10-19)20-11-7-4-8-12-20)33-17-18-37-25(28(33)36)24(34)27(35)32-22-15-13-21(14-16-22)26(30)31;/h3-16,23-25,34H,17-18H2,1-2H3,(H3,30,31)(H,32,35);1H/t24-,25-;/m1./s1. The van der Waals surface area contributed by atoms with E-state index in [2.05, 4.69) is 5.32 Å². The van der Waals surface area contributed by atoms with E-state index in [1.807, 2.05) is 74.5 Å². The summed E-state index contributed by atoms with van der Waals surface area (Å²) in [4.78, 5) is 28.2. The number of aliphatic hydroxyl groups is 1. The predicted molar refractivity (Wildman–Crippen MR) is 150 cm³/mol. The summed E-state index contributed by atoms with van der Waals surface area (Å²) in [5.41, 5.74) is 7.80. The van der Waals surface area contributed by atoms with Crippen LogP contribution in [0, 0.1) is 5.41 Å². The molecule has 0 radical (unpaired) electrons. The van der Waals surface area contributed by atoms with Gasteiger partial charge >= 0.3 is 0 Å². The molecule has 0 spiro atoms. The van der Waals surface area contributed by atoms with E-state index in [1.165, 1.54) is 0 Å². The Morgan fingerprint density at radius 1 is 1.03 bits per heavy atom. The molecule has 5 N–H and O–H groups in total. The minimum absolute atomic E-state index is 0. The van der Waals surface area contributed by atoms with E-state index >= 15 is 0 Å². The lowest BCUT2D eigenvalue weighted by molar-refractivity contribution is -0.173. The number of ether oxygens (including phenoxy) is 1. The largest absolute Gasteiger partial charge is 0.384 e. The summed E-state index contributed by atoms with van der Waals surface area (Å²) in [6, 6.07) is 26.3. The first-order valence-electron chi connectivity index (χ1n) is 12.2. The van der Waals surface area contributed by atoms with Crippen LogP contribution in [0.5, 0.6) is 0 Å². The van der Waals surface area contributed by atoms with Crippen molar-refractivity contribution in [3.63, 3.8) is 0 Å². The smallest absolute Gasteiger partial charge is 0.256 e. The molecule has 0 aromatic heterocycles. The van der Waals surface area contributed by atoms with Crippen LogP contribution in [0.4, 0.5) is 5.69 Å². The maximum atomic E-state index is 13.7. The number of halogens is 1. The van der Waals surface area contributed by atoms with E-state index in [9.17, 15) is 14.7 Å². The van der Waals surface area contributed by atoms with Crippen molar-refractivity contribution in [2.75, 3.05) is 18.5 Å². The van der Waals surface area contributed by atoms with E-state index in [1.54, 1.807) is 29.2 Å². The summed E-state index contributed by atoms with van der Waals surface area (Å²) in [6.45, 7) is 4.52.